The number of aliphatic hydroxyl groups is 1. The maximum absolute atomic E-state index is 10.2. The molecule has 2 N–H and O–H groups in total. The summed E-state index contributed by atoms with van der Waals surface area (Å²) < 4.78 is 0. The number of benzene rings is 1. The number of anilines is 1. The molecule has 17 heavy (non-hydrogen) atoms. The van der Waals surface area contributed by atoms with Crippen LogP contribution in [0.5, 0.6) is 0 Å². The topological polar surface area (TPSA) is 45.2 Å². The molecule has 0 amide bonds. The first-order valence-electron chi connectivity index (χ1n) is 6.08. The zero-order valence-corrected chi connectivity index (χ0v) is 9.90. The quantitative estimate of drug-likeness (QED) is 0.788. The molecule has 88 valence electrons. The third-order valence-electron chi connectivity index (χ3n) is 3.48. The van der Waals surface area contributed by atoms with Crippen LogP contribution in [0.3, 0.4) is 0 Å². The van der Waals surface area contributed by atoms with Crippen LogP contribution in [0, 0.1) is 0 Å². The summed E-state index contributed by atoms with van der Waals surface area (Å²) in [6.45, 7) is 0. The first kappa shape index (κ1) is 10.5. The van der Waals surface area contributed by atoms with Gasteiger partial charge >= 0.3 is 0 Å². The van der Waals surface area contributed by atoms with Crippen LogP contribution in [0.4, 0.5) is 5.69 Å². The average molecular weight is 228 g/mol. The van der Waals surface area contributed by atoms with Crippen LogP contribution in [0.25, 0.3) is 10.9 Å². The highest BCUT2D eigenvalue weighted by Crippen LogP contribution is 2.38. The summed E-state index contributed by atoms with van der Waals surface area (Å²) in [4.78, 5) is 4.67. The molecular weight excluding hydrogens is 212 g/mol. The number of nitrogens with one attached hydrogen (secondary N) is 1. The normalized spacial score (nSPS) is 19.1. The molecule has 0 radical (unpaired) electrons. The van der Waals surface area contributed by atoms with Gasteiger partial charge in [-0.2, -0.15) is 0 Å². The predicted molar refractivity (Wildman–Crippen MR) is 69.2 cm³/mol. The van der Waals surface area contributed by atoms with Crippen molar-refractivity contribution in [1.82, 2.24) is 4.98 Å². The Labute approximate surface area is 100 Å². The van der Waals surface area contributed by atoms with Crippen molar-refractivity contribution in [3.05, 3.63) is 35.5 Å². The number of rotatable bonds is 1. The Balaban J connectivity index is 2.36. The van der Waals surface area contributed by atoms with Crippen LogP contribution in [-0.4, -0.2) is 17.1 Å². The Bertz CT molecular complexity index is 565. The average Bonchev–Trinajstić information content (AvgIpc) is 2.36. The van der Waals surface area contributed by atoms with Crippen molar-refractivity contribution in [2.24, 2.45) is 0 Å². The summed E-state index contributed by atoms with van der Waals surface area (Å²) in [5, 5.41) is 14.5. The van der Waals surface area contributed by atoms with Crippen LogP contribution in [0.2, 0.25) is 0 Å². The first-order chi connectivity index (χ1) is 8.31. The van der Waals surface area contributed by atoms with Gasteiger partial charge in [0.25, 0.3) is 0 Å². The number of aliphatic hydroxyl groups excluding tert-OH is 1. The van der Waals surface area contributed by atoms with Gasteiger partial charge in [-0.25, -0.2) is 0 Å². The summed E-state index contributed by atoms with van der Waals surface area (Å²) in [7, 11) is 1.91. The smallest absolute Gasteiger partial charge is 0.0828 e. The number of hydrogen-bond donors (Lipinski definition) is 2. The Morgan fingerprint density at radius 2 is 2.18 bits per heavy atom. The maximum atomic E-state index is 10.2. The van der Waals surface area contributed by atoms with Crippen molar-refractivity contribution >= 4 is 16.6 Å². The molecule has 0 aliphatic heterocycles. The fourth-order valence-electron chi connectivity index (χ4n) is 2.70. The van der Waals surface area contributed by atoms with E-state index in [0.717, 1.165) is 47.1 Å². The number of para-hydroxylation sites is 1. The largest absolute Gasteiger partial charge is 0.388 e. The van der Waals surface area contributed by atoms with Crippen LogP contribution >= 0.6 is 0 Å². The number of pyridine rings is 1. The monoisotopic (exact) mass is 228 g/mol. The van der Waals surface area contributed by atoms with Gasteiger partial charge < -0.3 is 10.4 Å². The summed E-state index contributed by atoms with van der Waals surface area (Å²) in [6.07, 6.45) is 2.44. The zero-order valence-electron chi connectivity index (χ0n) is 9.90. The lowest BCUT2D eigenvalue weighted by Gasteiger charge is -2.24. The Hall–Kier alpha value is -1.61. The van der Waals surface area contributed by atoms with Gasteiger partial charge in [0, 0.05) is 23.7 Å². The lowest BCUT2D eigenvalue weighted by atomic mass is 9.90. The van der Waals surface area contributed by atoms with Crippen molar-refractivity contribution in [2.45, 2.75) is 25.4 Å². The highest BCUT2D eigenvalue weighted by atomic mass is 16.3. The van der Waals surface area contributed by atoms with Crippen LogP contribution in [-0.2, 0) is 6.42 Å². The molecule has 0 fully saturated rings. The molecule has 1 aliphatic rings. The fraction of sp³-hybridized carbons (Fsp3) is 0.357. The lowest BCUT2D eigenvalue weighted by Crippen LogP contribution is -2.14. The molecule has 1 aliphatic carbocycles. The minimum atomic E-state index is -0.377. The molecule has 1 aromatic heterocycles. The van der Waals surface area contributed by atoms with Gasteiger partial charge in [-0.1, -0.05) is 18.2 Å². The van der Waals surface area contributed by atoms with Crippen molar-refractivity contribution in [2.75, 3.05) is 12.4 Å². The lowest BCUT2D eigenvalue weighted by molar-refractivity contribution is 0.156. The number of fused-ring (bicyclic) bond motifs is 2. The van der Waals surface area contributed by atoms with Crippen molar-refractivity contribution in [1.29, 1.82) is 0 Å². The molecule has 3 heteroatoms. The van der Waals surface area contributed by atoms with Gasteiger partial charge in [-0.3, -0.25) is 4.98 Å². The van der Waals surface area contributed by atoms with Gasteiger partial charge in [0.05, 0.1) is 17.3 Å². The van der Waals surface area contributed by atoms with Crippen LogP contribution < -0.4 is 5.32 Å². The van der Waals surface area contributed by atoms with E-state index in [-0.39, 0.29) is 6.10 Å². The second-order valence-electron chi connectivity index (χ2n) is 4.52. The van der Waals surface area contributed by atoms with Crippen LogP contribution in [0.1, 0.15) is 30.2 Å². The molecule has 0 bridgehead atoms. The molecule has 0 spiro atoms. The summed E-state index contributed by atoms with van der Waals surface area (Å²) in [5.41, 5.74) is 4.09. The molecule has 0 unspecified atom stereocenters. The molecule has 3 rings (SSSR count). The summed E-state index contributed by atoms with van der Waals surface area (Å²) in [6, 6.07) is 8.08. The van der Waals surface area contributed by atoms with E-state index in [0.29, 0.717) is 0 Å². The van der Waals surface area contributed by atoms with E-state index in [9.17, 15) is 5.11 Å². The molecular formula is C14H16N2O. The Morgan fingerprint density at radius 3 is 3.00 bits per heavy atom. The minimum Gasteiger partial charge on any atom is -0.388 e. The van der Waals surface area contributed by atoms with E-state index in [1.165, 1.54) is 0 Å². The first-order valence-corrected chi connectivity index (χ1v) is 6.08. The number of aromatic nitrogens is 1. The number of hydrogen-bond acceptors (Lipinski definition) is 3. The Kier molecular flexibility index (Phi) is 2.48. The Morgan fingerprint density at radius 1 is 1.35 bits per heavy atom. The molecule has 2 aromatic rings. The third-order valence-corrected chi connectivity index (χ3v) is 3.48. The van der Waals surface area contributed by atoms with Crippen LogP contribution in [0.15, 0.2) is 24.3 Å². The molecule has 0 saturated heterocycles. The maximum Gasteiger partial charge on any atom is 0.0828 e. The van der Waals surface area contributed by atoms with Crippen molar-refractivity contribution in [3.63, 3.8) is 0 Å². The standard InChI is InChI=1S/C14H16N2O/c1-15-14-9-5-2-3-6-10(9)16-11-7-4-8-12(17)13(11)14/h2-3,5-6,12,17H,4,7-8H2,1H3,(H,15,16)/t12-/m1/s1. The minimum absolute atomic E-state index is 0.377. The van der Waals surface area contributed by atoms with E-state index >= 15 is 0 Å². The summed E-state index contributed by atoms with van der Waals surface area (Å²) >= 11 is 0. The SMILES string of the molecule is CNc1c2c(nc3ccccc13)CCC[C@H]2O. The van der Waals surface area contributed by atoms with Gasteiger partial charge in [0.1, 0.15) is 0 Å². The fourth-order valence-corrected chi connectivity index (χ4v) is 2.70. The highest BCUT2D eigenvalue weighted by Gasteiger charge is 2.24. The van der Waals surface area contributed by atoms with Crippen molar-refractivity contribution < 1.29 is 5.11 Å². The van der Waals surface area contributed by atoms with Gasteiger partial charge in [0.2, 0.25) is 0 Å². The molecule has 1 aromatic carbocycles. The molecule has 1 atom stereocenters. The molecule has 3 nitrogen and oxygen atoms in total. The van der Waals surface area contributed by atoms with Gasteiger partial charge in [0.15, 0.2) is 0 Å². The van der Waals surface area contributed by atoms with E-state index in [2.05, 4.69) is 16.4 Å². The molecule has 0 saturated carbocycles. The second-order valence-corrected chi connectivity index (χ2v) is 4.52. The third kappa shape index (κ3) is 1.58. The van der Waals surface area contributed by atoms with Gasteiger partial charge in [-0.05, 0) is 25.3 Å². The molecule has 1 heterocycles. The van der Waals surface area contributed by atoms with Gasteiger partial charge in [-0.15, -0.1) is 0 Å². The predicted octanol–water partition coefficient (Wildman–Crippen LogP) is 2.65. The summed E-state index contributed by atoms with van der Waals surface area (Å²) in [5.74, 6) is 0. The zero-order chi connectivity index (χ0) is 11.8. The van der Waals surface area contributed by atoms with Crippen molar-refractivity contribution in [3.8, 4) is 0 Å². The van der Waals surface area contributed by atoms with E-state index in [1.54, 1.807) is 0 Å². The van der Waals surface area contributed by atoms with E-state index in [1.807, 2.05) is 25.2 Å². The second kappa shape index (κ2) is 4.00. The van der Waals surface area contributed by atoms with E-state index in [4.69, 9.17) is 0 Å². The highest BCUT2D eigenvalue weighted by molar-refractivity contribution is 5.93. The number of nitrogens with zero attached hydrogens (tertiary/aromatic N) is 1. The van der Waals surface area contributed by atoms with E-state index < -0.39 is 0 Å². The number of aryl methyl sites for hydroxylation is 1.